The van der Waals surface area contributed by atoms with Gasteiger partial charge in [-0.05, 0) is 16.0 Å². The van der Waals surface area contributed by atoms with Gasteiger partial charge in [0.05, 0.1) is 12.1 Å². The summed E-state index contributed by atoms with van der Waals surface area (Å²) in [7, 11) is -2.49. The summed E-state index contributed by atoms with van der Waals surface area (Å²) in [6.07, 6.45) is 0.152. The molecule has 1 aliphatic rings. The number of aliphatic hydroxyl groups is 1. The van der Waals surface area contributed by atoms with E-state index in [9.17, 15) is 23.6 Å². The summed E-state index contributed by atoms with van der Waals surface area (Å²) in [6, 6.07) is 1.59. The standard InChI is InChI=1S/C10H14N4O5S/c1-13(8-5-11-6-9(8)15)20(18,19)7-2-3-10(12-4-7)14(16)17/h2-4,8-9,11,15H,5-6H2,1H3/t8-,9-/m0/s1. The molecule has 1 aromatic rings. The summed E-state index contributed by atoms with van der Waals surface area (Å²) < 4.78 is 25.7. The van der Waals surface area contributed by atoms with Crippen molar-refractivity contribution in [2.75, 3.05) is 20.1 Å². The summed E-state index contributed by atoms with van der Waals surface area (Å²) in [4.78, 5) is 13.1. The minimum Gasteiger partial charge on any atom is -0.390 e. The molecule has 110 valence electrons. The van der Waals surface area contributed by atoms with Gasteiger partial charge in [0.25, 0.3) is 0 Å². The number of nitro groups is 1. The molecule has 0 unspecified atom stereocenters. The number of pyridine rings is 1. The summed E-state index contributed by atoms with van der Waals surface area (Å²) >= 11 is 0. The first-order valence-corrected chi connectivity index (χ1v) is 7.25. The Morgan fingerprint density at radius 3 is 2.65 bits per heavy atom. The van der Waals surface area contributed by atoms with Gasteiger partial charge in [-0.15, -0.1) is 0 Å². The molecule has 1 aromatic heterocycles. The van der Waals surface area contributed by atoms with Gasteiger partial charge in [-0.2, -0.15) is 4.31 Å². The molecule has 2 atom stereocenters. The largest absolute Gasteiger partial charge is 0.390 e. The van der Waals surface area contributed by atoms with E-state index in [1.54, 1.807) is 0 Å². The summed E-state index contributed by atoms with van der Waals surface area (Å²) in [5, 5.41) is 23.1. The van der Waals surface area contributed by atoms with Crippen LogP contribution in [-0.4, -0.2) is 60.0 Å². The fourth-order valence-corrected chi connectivity index (χ4v) is 3.33. The van der Waals surface area contributed by atoms with Gasteiger partial charge in [0.1, 0.15) is 4.90 Å². The fourth-order valence-electron chi connectivity index (χ4n) is 2.00. The van der Waals surface area contributed by atoms with Crippen LogP contribution in [0.2, 0.25) is 0 Å². The van der Waals surface area contributed by atoms with E-state index in [1.165, 1.54) is 7.05 Å². The number of aliphatic hydroxyl groups excluding tert-OH is 1. The lowest BCUT2D eigenvalue weighted by Crippen LogP contribution is -2.44. The Hall–Kier alpha value is -1.62. The first-order valence-electron chi connectivity index (χ1n) is 5.81. The number of rotatable bonds is 4. The normalized spacial score (nSPS) is 23.1. The van der Waals surface area contributed by atoms with Crippen molar-refractivity contribution in [1.82, 2.24) is 14.6 Å². The van der Waals surface area contributed by atoms with Gasteiger partial charge >= 0.3 is 5.82 Å². The van der Waals surface area contributed by atoms with E-state index in [2.05, 4.69) is 10.3 Å². The number of β-amino-alcohol motifs (C(OH)–C–C–N with tert-alkyl or cyclic N) is 1. The number of sulfonamides is 1. The van der Waals surface area contributed by atoms with Gasteiger partial charge in [-0.1, -0.05) is 0 Å². The number of hydrogen-bond acceptors (Lipinski definition) is 7. The van der Waals surface area contributed by atoms with Gasteiger partial charge in [0.15, 0.2) is 6.20 Å². The van der Waals surface area contributed by atoms with Crippen molar-refractivity contribution < 1.29 is 18.4 Å². The van der Waals surface area contributed by atoms with Gasteiger partial charge in [0.2, 0.25) is 10.0 Å². The van der Waals surface area contributed by atoms with Crippen LogP contribution in [0.3, 0.4) is 0 Å². The monoisotopic (exact) mass is 302 g/mol. The number of aromatic nitrogens is 1. The molecule has 20 heavy (non-hydrogen) atoms. The van der Waals surface area contributed by atoms with Crippen LogP contribution in [0.4, 0.5) is 5.82 Å². The van der Waals surface area contributed by atoms with E-state index in [0.29, 0.717) is 13.1 Å². The minimum atomic E-state index is -3.85. The topological polar surface area (TPSA) is 126 Å². The smallest absolute Gasteiger partial charge is 0.363 e. The second-order valence-corrected chi connectivity index (χ2v) is 6.42. The molecule has 0 amide bonds. The summed E-state index contributed by atoms with van der Waals surface area (Å²) in [6.45, 7) is 0.667. The number of nitrogens with zero attached hydrogens (tertiary/aromatic N) is 3. The maximum atomic E-state index is 12.3. The van der Waals surface area contributed by atoms with Crippen LogP contribution in [0.5, 0.6) is 0 Å². The lowest BCUT2D eigenvalue weighted by atomic mass is 10.2. The molecular weight excluding hydrogens is 288 g/mol. The third-order valence-corrected chi connectivity index (χ3v) is 5.07. The van der Waals surface area contributed by atoms with Gasteiger partial charge < -0.3 is 20.5 Å². The molecule has 1 aliphatic heterocycles. The van der Waals surface area contributed by atoms with Gasteiger partial charge in [0, 0.05) is 26.2 Å². The average molecular weight is 302 g/mol. The van der Waals surface area contributed by atoms with Crippen molar-refractivity contribution in [3.8, 4) is 0 Å². The van der Waals surface area contributed by atoms with Crippen LogP contribution < -0.4 is 5.32 Å². The van der Waals surface area contributed by atoms with E-state index in [1.807, 2.05) is 0 Å². The van der Waals surface area contributed by atoms with Crippen LogP contribution in [-0.2, 0) is 10.0 Å². The lowest BCUT2D eigenvalue weighted by Gasteiger charge is -2.25. The molecule has 0 bridgehead atoms. The van der Waals surface area contributed by atoms with Crippen LogP contribution in [0.15, 0.2) is 23.2 Å². The highest BCUT2D eigenvalue weighted by Crippen LogP contribution is 2.20. The van der Waals surface area contributed by atoms with Crippen molar-refractivity contribution in [3.05, 3.63) is 28.4 Å². The Labute approximate surface area is 115 Å². The molecule has 2 heterocycles. The second-order valence-electron chi connectivity index (χ2n) is 4.42. The average Bonchev–Trinajstić information content (AvgIpc) is 2.84. The van der Waals surface area contributed by atoms with Crippen LogP contribution >= 0.6 is 0 Å². The van der Waals surface area contributed by atoms with Crippen molar-refractivity contribution >= 4 is 15.8 Å². The Morgan fingerprint density at radius 2 is 2.20 bits per heavy atom. The molecule has 0 radical (unpaired) electrons. The molecule has 9 nitrogen and oxygen atoms in total. The van der Waals surface area contributed by atoms with Crippen molar-refractivity contribution in [2.45, 2.75) is 17.0 Å². The maximum absolute atomic E-state index is 12.3. The molecule has 0 saturated carbocycles. The van der Waals surface area contributed by atoms with Crippen LogP contribution in [0.1, 0.15) is 0 Å². The Morgan fingerprint density at radius 1 is 1.50 bits per heavy atom. The Balaban J connectivity index is 2.27. The van der Waals surface area contributed by atoms with Crippen molar-refractivity contribution in [1.29, 1.82) is 0 Å². The Kier molecular flexibility index (Phi) is 3.99. The molecule has 0 aliphatic carbocycles. The molecule has 0 spiro atoms. The molecule has 0 aromatic carbocycles. The van der Waals surface area contributed by atoms with E-state index >= 15 is 0 Å². The fraction of sp³-hybridized carbons (Fsp3) is 0.500. The minimum absolute atomic E-state index is 0.148. The van der Waals surface area contributed by atoms with Crippen molar-refractivity contribution in [3.63, 3.8) is 0 Å². The SMILES string of the molecule is CN([C@H]1CNC[C@@H]1O)S(=O)(=O)c1ccc([N+](=O)[O-])nc1. The predicted octanol–water partition coefficient (Wildman–Crippen LogP) is -1.06. The van der Waals surface area contributed by atoms with Gasteiger partial charge in [-0.25, -0.2) is 8.42 Å². The number of likely N-dealkylation sites (N-methyl/N-ethyl adjacent to an activating group) is 1. The lowest BCUT2D eigenvalue weighted by molar-refractivity contribution is -0.389. The van der Waals surface area contributed by atoms with Crippen LogP contribution in [0.25, 0.3) is 0 Å². The zero-order chi connectivity index (χ0) is 14.9. The molecule has 1 saturated heterocycles. The number of hydrogen-bond donors (Lipinski definition) is 2. The van der Waals surface area contributed by atoms with Crippen molar-refractivity contribution in [2.24, 2.45) is 0 Å². The first kappa shape index (κ1) is 14.8. The Bertz CT molecular complexity index is 603. The quantitative estimate of drug-likeness (QED) is 0.536. The summed E-state index contributed by atoms with van der Waals surface area (Å²) in [5.41, 5.74) is 0. The predicted molar refractivity (Wildman–Crippen MR) is 68.5 cm³/mol. The molecule has 2 N–H and O–H groups in total. The zero-order valence-corrected chi connectivity index (χ0v) is 11.4. The highest BCUT2D eigenvalue weighted by Gasteiger charge is 2.36. The van der Waals surface area contributed by atoms with E-state index in [0.717, 1.165) is 22.6 Å². The molecular formula is C10H14N4O5S. The summed E-state index contributed by atoms with van der Waals surface area (Å²) in [5.74, 6) is -0.422. The maximum Gasteiger partial charge on any atom is 0.363 e. The van der Waals surface area contributed by atoms with E-state index < -0.39 is 32.9 Å². The molecule has 1 fully saturated rings. The zero-order valence-electron chi connectivity index (χ0n) is 10.6. The third-order valence-electron chi connectivity index (χ3n) is 3.20. The number of nitrogens with one attached hydrogen (secondary N) is 1. The van der Waals surface area contributed by atoms with E-state index in [4.69, 9.17) is 0 Å². The molecule has 2 rings (SSSR count). The first-order chi connectivity index (χ1) is 9.34. The van der Waals surface area contributed by atoms with Gasteiger partial charge in [-0.3, -0.25) is 0 Å². The third kappa shape index (κ3) is 2.63. The van der Waals surface area contributed by atoms with E-state index in [-0.39, 0.29) is 4.90 Å². The second kappa shape index (κ2) is 5.40. The van der Waals surface area contributed by atoms with Crippen LogP contribution in [0, 0.1) is 10.1 Å². The highest BCUT2D eigenvalue weighted by atomic mass is 32.2. The molecule has 10 heteroatoms. The highest BCUT2D eigenvalue weighted by molar-refractivity contribution is 7.89.